The standard InChI is InChI=1S/C17H28N2O/c1-3-15-11-18-17(9-5-4-6-10-17)13-19(15)12-16-8-7-14(2)20-16/h7-8,15,18H,3-6,9-13H2,1-2H3. The van der Waals surface area contributed by atoms with Gasteiger partial charge in [-0.05, 0) is 38.3 Å². The van der Waals surface area contributed by atoms with E-state index in [9.17, 15) is 0 Å². The van der Waals surface area contributed by atoms with Gasteiger partial charge in [-0.25, -0.2) is 0 Å². The van der Waals surface area contributed by atoms with Crippen LogP contribution in [0.2, 0.25) is 0 Å². The number of piperazine rings is 1. The summed E-state index contributed by atoms with van der Waals surface area (Å²) in [6, 6.07) is 4.86. The SMILES string of the molecule is CCC1CNC2(CCCCC2)CN1Cc1ccc(C)o1. The third kappa shape index (κ3) is 2.94. The van der Waals surface area contributed by atoms with E-state index < -0.39 is 0 Å². The molecule has 3 nitrogen and oxygen atoms in total. The normalized spacial score (nSPS) is 27.0. The van der Waals surface area contributed by atoms with E-state index in [1.54, 1.807) is 0 Å². The van der Waals surface area contributed by atoms with Crippen LogP contribution in [0.15, 0.2) is 16.5 Å². The molecule has 1 atom stereocenters. The van der Waals surface area contributed by atoms with Crippen molar-refractivity contribution in [2.24, 2.45) is 0 Å². The maximum atomic E-state index is 5.79. The van der Waals surface area contributed by atoms with Gasteiger partial charge in [0.05, 0.1) is 6.54 Å². The first-order valence-electron chi connectivity index (χ1n) is 8.25. The molecule has 1 spiro atoms. The van der Waals surface area contributed by atoms with Crippen molar-refractivity contribution in [2.45, 2.75) is 70.5 Å². The number of rotatable bonds is 3. The van der Waals surface area contributed by atoms with Crippen LogP contribution in [0.5, 0.6) is 0 Å². The van der Waals surface area contributed by atoms with Crippen molar-refractivity contribution in [1.82, 2.24) is 10.2 Å². The molecule has 1 aromatic heterocycles. The Kier molecular flexibility index (Phi) is 4.18. The molecule has 1 saturated heterocycles. The van der Waals surface area contributed by atoms with Gasteiger partial charge in [0, 0.05) is 24.7 Å². The van der Waals surface area contributed by atoms with Crippen LogP contribution in [0.4, 0.5) is 0 Å². The highest BCUT2D eigenvalue weighted by Gasteiger charge is 2.39. The van der Waals surface area contributed by atoms with Crippen molar-refractivity contribution in [3.8, 4) is 0 Å². The Morgan fingerprint density at radius 3 is 2.75 bits per heavy atom. The zero-order chi connectivity index (χ0) is 14.0. The topological polar surface area (TPSA) is 28.4 Å². The third-order valence-electron chi connectivity index (χ3n) is 5.17. The van der Waals surface area contributed by atoms with Gasteiger partial charge in [0.2, 0.25) is 0 Å². The molecule has 1 saturated carbocycles. The Bertz CT molecular complexity index is 434. The second kappa shape index (κ2) is 5.90. The van der Waals surface area contributed by atoms with Crippen LogP contribution in [-0.2, 0) is 6.54 Å². The second-order valence-corrected chi connectivity index (χ2v) is 6.70. The van der Waals surface area contributed by atoms with Crippen LogP contribution in [-0.4, -0.2) is 29.6 Å². The second-order valence-electron chi connectivity index (χ2n) is 6.70. The minimum absolute atomic E-state index is 0.381. The Balaban J connectivity index is 1.71. The van der Waals surface area contributed by atoms with Gasteiger partial charge in [-0.3, -0.25) is 4.90 Å². The molecule has 112 valence electrons. The Hall–Kier alpha value is -0.800. The predicted octanol–water partition coefficient (Wildman–Crippen LogP) is 3.47. The van der Waals surface area contributed by atoms with Crippen molar-refractivity contribution in [1.29, 1.82) is 0 Å². The molecule has 3 rings (SSSR count). The smallest absolute Gasteiger partial charge is 0.118 e. The van der Waals surface area contributed by atoms with E-state index in [-0.39, 0.29) is 0 Å². The van der Waals surface area contributed by atoms with Crippen molar-refractivity contribution in [2.75, 3.05) is 13.1 Å². The molecule has 1 N–H and O–H groups in total. The van der Waals surface area contributed by atoms with Gasteiger partial charge in [0.25, 0.3) is 0 Å². The lowest BCUT2D eigenvalue weighted by molar-refractivity contribution is 0.0437. The molecule has 1 aliphatic heterocycles. The predicted molar refractivity (Wildman–Crippen MR) is 81.8 cm³/mol. The van der Waals surface area contributed by atoms with E-state index in [0.717, 1.165) is 24.6 Å². The Morgan fingerprint density at radius 2 is 2.10 bits per heavy atom. The molecule has 1 unspecified atom stereocenters. The van der Waals surface area contributed by atoms with Gasteiger partial charge in [-0.15, -0.1) is 0 Å². The largest absolute Gasteiger partial charge is 0.465 e. The number of nitrogens with zero attached hydrogens (tertiary/aromatic N) is 1. The average Bonchev–Trinajstić information content (AvgIpc) is 2.85. The molecule has 2 fully saturated rings. The van der Waals surface area contributed by atoms with Crippen LogP contribution < -0.4 is 5.32 Å². The van der Waals surface area contributed by atoms with Gasteiger partial charge < -0.3 is 9.73 Å². The average molecular weight is 276 g/mol. The molecule has 0 radical (unpaired) electrons. The summed E-state index contributed by atoms with van der Waals surface area (Å²) >= 11 is 0. The lowest BCUT2D eigenvalue weighted by atomic mass is 9.79. The lowest BCUT2D eigenvalue weighted by Crippen LogP contribution is -2.64. The summed E-state index contributed by atoms with van der Waals surface area (Å²) in [5.41, 5.74) is 0.381. The summed E-state index contributed by atoms with van der Waals surface area (Å²) in [4.78, 5) is 2.65. The van der Waals surface area contributed by atoms with Gasteiger partial charge in [-0.1, -0.05) is 26.2 Å². The van der Waals surface area contributed by atoms with Crippen LogP contribution in [0.3, 0.4) is 0 Å². The summed E-state index contributed by atoms with van der Waals surface area (Å²) in [5, 5.41) is 3.88. The molecule has 2 heterocycles. The fourth-order valence-electron chi connectivity index (χ4n) is 3.96. The molecular weight excluding hydrogens is 248 g/mol. The Labute approximate surface area is 122 Å². The number of furan rings is 1. The molecule has 0 bridgehead atoms. The minimum Gasteiger partial charge on any atom is -0.465 e. The minimum atomic E-state index is 0.381. The summed E-state index contributed by atoms with van der Waals surface area (Å²) in [6.07, 6.45) is 8.09. The van der Waals surface area contributed by atoms with E-state index in [4.69, 9.17) is 4.42 Å². The van der Waals surface area contributed by atoms with E-state index in [1.165, 1.54) is 45.1 Å². The monoisotopic (exact) mass is 276 g/mol. The fraction of sp³-hybridized carbons (Fsp3) is 0.765. The zero-order valence-corrected chi connectivity index (χ0v) is 13.0. The van der Waals surface area contributed by atoms with Crippen molar-refractivity contribution in [3.05, 3.63) is 23.7 Å². The first-order valence-corrected chi connectivity index (χ1v) is 8.25. The number of hydrogen-bond donors (Lipinski definition) is 1. The van der Waals surface area contributed by atoms with E-state index in [0.29, 0.717) is 11.6 Å². The van der Waals surface area contributed by atoms with Gasteiger partial charge in [0.15, 0.2) is 0 Å². The first kappa shape index (κ1) is 14.2. The van der Waals surface area contributed by atoms with Crippen LogP contribution in [0.1, 0.15) is 57.0 Å². The molecule has 0 amide bonds. The van der Waals surface area contributed by atoms with E-state index >= 15 is 0 Å². The quantitative estimate of drug-likeness (QED) is 0.916. The van der Waals surface area contributed by atoms with Gasteiger partial charge in [0.1, 0.15) is 11.5 Å². The number of hydrogen-bond acceptors (Lipinski definition) is 3. The fourth-order valence-corrected chi connectivity index (χ4v) is 3.96. The van der Waals surface area contributed by atoms with E-state index in [1.807, 2.05) is 6.92 Å². The molecule has 20 heavy (non-hydrogen) atoms. The highest BCUT2D eigenvalue weighted by Crippen LogP contribution is 2.33. The van der Waals surface area contributed by atoms with Gasteiger partial charge >= 0.3 is 0 Å². The highest BCUT2D eigenvalue weighted by molar-refractivity contribution is 5.07. The third-order valence-corrected chi connectivity index (χ3v) is 5.17. The van der Waals surface area contributed by atoms with Crippen molar-refractivity contribution >= 4 is 0 Å². The van der Waals surface area contributed by atoms with Gasteiger partial charge in [-0.2, -0.15) is 0 Å². The molecule has 1 aromatic rings. The molecule has 2 aliphatic rings. The molecular formula is C17H28N2O. The van der Waals surface area contributed by atoms with Crippen LogP contribution in [0, 0.1) is 6.92 Å². The first-order chi connectivity index (χ1) is 9.71. The maximum Gasteiger partial charge on any atom is 0.118 e. The molecule has 3 heteroatoms. The highest BCUT2D eigenvalue weighted by atomic mass is 16.3. The zero-order valence-electron chi connectivity index (χ0n) is 13.0. The Morgan fingerprint density at radius 1 is 1.30 bits per heavy atom. The summed E-state index contributed by atoms with van der Waals surface area (Å²) < 4.78 is 5.79. The van der Waals surface area contributed by atoms with Crippen LogP contribution in [0.25, 0.3) is 0 Å². The summed E-state index contributed by atoms with van der Waals surface area (Å²) in [7, 11) is 0. The maximum absolute atomic E-state index is 5.79. The van der Waals surface area contributed by atoms with E-state index in [2.05, 4.69) is 29.3 Å². The van der Waals surface area contributed by atoms with Crippen molar-refractivity contribution < 1.29 is 4.42 Å². The lowest BCUT2D eigenvalue weighted by Gasteiger charge is -2.49. The molecule has 0 aromatic carbocycles. The number of aryl methyl sites for hydroxylation is 1. The van der Waals surface area contributed by atoms with Crippen molar-refractivity contribution in [3.63, 3.8) is 0 Å². The van der Waals surface area contributed by atoms with Crippen LogP contribution >= 0.6 is 0 Å². The summed E-state index contributed by atoms with van der Waals surface area (Å²) in [6.45, 7) is 7.62. The summed E-state index contributed by atoms with van der Waals surface area (Å²) in [5.74, 6) is 2.14. The number of nitrogens with one attached hydrogen (secondary N) is 1. The molecule has 1 aliphatic carbocycles.